The van der Waals surface area contributed by atoms with Crippen molar-refractivity contribution in [2.45, 2.75) is 45.9 Å². The van der Waals surface area contributed by atoms with Crippen molar-refractivity contribution in [2.75, 3.05) is 13.8 Å². The second kappa shape index (κ2) is 10.5. The number of hydrogen-bond acceptors (Lipinski definition) is 5. The third-order valence-corrected chi connectivity index (χ3v) is 7.23. The van der Waals surface area contributed by atoms with Crippen molar-refractivity contribution in [2.24, 2.45) is 0 Å². The van der Waals surface area contributed by atoms with Gasteiger partial charge in [0.25, 0.3) is 5.69 Å². The molecule has 29 heavy (non-hydrogen) atoms. The Hall–Kier alpha value is -1.53. The van der Waals surface area contributed by atoms with Gasteiger partial charge in [0.1, 0.15) is 20.2 Å². The van der Waals surface area contributed by atoms with Crippen LogP contribution in [-0.2, 0) is 4.52 Å². The number of rotatable bonds is 9. The molecule has 2 rings (SSSR count). The molecule has 2 unspecified atom stereocenters. The van der Waals surface area contributed by atoms with Crippen LogP contribution in [0.25, 0.3) is 0 Å². The molecular weight excluding hydrogens is 455 g/mol. The molecule has 8 heteroatoms. The van der Waals surface area contributed by atoms with Gasteiger partial charge in [-0.1, -0.05) is 30.3 Å². The van der Waals surface area contributed by atoms with Crippen molar-refractivity contribution in [3.05, 3.63) is 68.2 Å². The minimum atomic E-state index is -1.00. The molecule has 2 aromatic carbocycles. The van der Waals surface area contributed by atoms with E-state index in [0.29, 0.717) is 15.8 Å². The van der Waals surface area contributed by atoms with E-state index in [9.17, 15) is 10.1 Å². The van der Waals surface area contributed by atoms with Crippen LogP contribution in [0.2, 0.25) is 0 Å². The van der Waals surface area contributed by atoms with Gasteiger partial charge in [-0.25, -0.2) is 0 Å². The van der Waals surface area contributed by atoms with Gasteiger partial charge in [0.05, 0.1) is 22.1 Å². The largest absolute Gasteiger partial charge is 0.496 e. The standard InChI is InChI=1S/C21H28BrN2O4P/c1-14(2)23(15(3)4)29(6)28-21(16-10-8-7-9-11-16)17-12-20(27-5)18(22)13-19(17)24(25)26/h7-15,21H,1-6H3. The summed E-state index contributed by atoms with van der Waals surface area (Å²) < 4.78 is 14.8. The molecule has 0 N–H and O–H groups in total. The van der Waals surface area contributed by atoms with E-state index in [-0.39, 0.29) is 22.7 Å². The van der Waals surface area contributed by atoms with Crippen molar-refractivity contribution in [1.82, 2.24) is 4.67 Å². The number of nitro benzene ring substituents is 1. The Morgan fingerprint density at radius 3 is 2.17 bits per heavy atom. The predicted molar refractivity (Wildman–Crippen MR) is 122 cm³/mol. The van der Waals surface area contributed by atoms with Gasteiger partial charge in [-0.2, -0.15) is 0 Å². The van der Waals surface area contributed by atoms with Crippen molar-refractivity contribution >= 4 is 29.9 Å². The molecule has 2 aromatic rings. The van der Waals surface area contributed by atoms with Gasteiger partial charge in [-0.3, -0.25) is 14.8 Å². The Morgan fingerprint density at radius 2 is 1.69 bits per heavy atom. The second-order valence-corrected chi connectivity index (χ2v) is 9.69. The molecule has 158 valence electrons. The minimum Gasteiger partial charge on any atom is -0.496 e. The second-order valence-electron chi connectivity index (χ2n) is 7.23. The lowest BCUT2D eigenvalue weighted by atomic mass is 10.00. The molecule has 0 aliphatic carbocycles. The topological polar surface area (TPSA) is 64.8 Å². The van der Waals surface area contributed by atoms with E-state index in [0.717, 1.165) is 5.56 Å². The number of hydrogen-bond donors (Lipinski definition) is 0. The Labute approximate surface area is 182 Å². The first-order chi connectivity index (χ1) is 13.7. The summed E-state index contributed by atoms with van der Waals surface area (Å²) in [6.07, 6.45) is -0.588. The summed E-state index contributed by atoms with van der Waals surface area (Å²) in [4.78, 5) is 11.5. The van der Waals surface area contributed by atoms with Crippen molar-refractivity contribution in [3.63, 3.8) is 0 Å². The van der Waals surface area contributed by atoms with Crippen molar-refractivity contribution in [1.29, 1.82) is 0 Å². The average Bonchev–Trinajstić information content (AvgIpc) is 2.66. The molecule has 0 heterocycles. The zero-order valence-electron chi connectivity index (χ0n) is 17.6. The number of halogens is 1. The van der Waals surface area contributed by atoms with Gasteiger partial charge >= 0.3 is 0 Å². The van der Waals surface area contributed by atoms with E-state index in [1.165, 1.54) is 6.07 Å². The van der Waals surface area contributed by atoms with Crippen LogP contribution in [0.15, 0.2) is 46.9 Å². The molecular formula is C21H28BrN2O4P. The van der Waals surface area contributed by atoms with E-state index in [1.54, 1.807) is 13.2 Å². The van der Waals surface area contributed by atoms with Gasteiger partial charge in [0.15, 0.2) is 0 Å². The lowest BCUT2D eigenvalue weighted by Gasteiger charge is -2.37. The minimum absolute atomic E-state index is 0.00410. The normalized spacial score (nSPS) is 13.7. The molecule has 0 amide bonds. The van der Waals surface area contributed by atoms with Crippen LogP contribution in [-0.4, -0.2) is 35.5 Å². The van der Waals surface area contributed by atoms with Crippen LogP contribution >= 0.6 is 24.2 Å². The first kappa shape index (κ1) is 23.7. The zero-order valence-corrected chi connectivity index (χ0v) is 20.1. The predicted octanol–water partition coefficient (Wildman–Crippen LogP) is 6.53. The summed E-state index contributed by atoms with van der Waals surface area (Å²) in [5.41, 5.74) is 1.33. The fraction of sp³-hybridized carbons (Fsp3) is 0.429. The molecule has 0 bridgehead atoms. The molecule has 0 aliphatic rings. The molecule has 0 aromatic heterocycles. The zero-order chi connectivity index (χ0) is 21.7. The van der Waals surface area contributed by atoms with E-state index < -0.39 is 14.4 Å². The number of methoxy groups -OCH3 is 1. The highest BCUT2D eigenvalue weighted by atomic mass is 79.9. The highest BCUT2D eigenvalue weighted by molar-refractivity contribution is 9.10. The quantitative estimate of drug-likeness (QED) is 0.231. The lowest BCUT2D eigenvalue weighted by molar-refractivity contribution is -0.386. The van der Waals surface area contributed by atoms with Gasteiger partial charge in [0.2, 0.25) is 0 Å². The first-order valence-electron chi connectivity index (χ1n) is 9.42. The van der Waals surface area contributed by atoms with E-state index in [1.807, 2.05) is 37.0 Å². The number of benzene rings is 2. The summed E-state index contributed by atoms with van der Waals surface area (Å²) in [6, 6.07) is 13.4. The highest BCUT2D eigenvalue weighted by Crippen LogP contribution is 2.49. The summed E-state index contributed by atoms with van der Waals surface area (Å²) in [5.74, 6) is 0.528. The van der Waals surface area contributed by atoms with Gasteiger partial charge in [-0.05, 0) is 61.9 Å². The van der Waals surface area contributed by atoms with Crippen LogP contribution in [0, 0.1) is 10.1 Å². The Balaban J connectivity index is 2.60. The molecule has 0 radical (unpaired) electrons. The fourth-order valence-corrected chi connectivity index (χ4v) is 5.91. The Bertz CT molecular complexity index is 825. The summed E-state index contributed by atoms with van der Waals surface area (Å²) in [5, 5.41) is 11.8. The molecule has 0 spiro atoms. The maximum atomic E-state index is 11.8. The van der Waals surface area contributed by atoms with E-state index in [4.69, 9.17) is 9.26 Å². The molecule has 6 nitrogen and oxygen atoms in total. The molecule has 0 saturated heterocycles. The number of ether oxygens (including phenoxy) is 1. The maximum absolute atomic E-state index is 11.8. The Morgan fingerprint density at radius 1 is 1.10 bits per heavy atom. The Kier molecular flexibility index (Phi) is 8.58. The molecule has 0 fully saturated rings. The highest BCUT2D eigenvalue weighted by Gasteiger charge is 2.31. The van der Waals surface area contributed by atoms with Crippen molar-refractivity contribution < 1.29 is 14.2 Å². The van der Waals surface area contributed by atoms with E-state index >= 15 is 0 Å². The summed E-state index contributed by atoms with van der Waals surface area (Å²) in [7, 11) is 0.537. The van der Waals surface area contributed by atoms with Crippen molar-refractivity contribution in [3.8, 4) is 5.75 Å². The monoisotopic (exact) mass is 482 g/mol. The molecule has 0 aliphatic heterocycles. The fourth-order valence-electron chi connectivity index (χ4n) is 3.46. The molecule has 2 atom stereocenters. The van der Waals surface area contributed by atoms with Crippen LogP contribution in [0.4, 0.5) is 5.69 Å². The maximum Gasteiger partial charge on any atom is 0.276 e. The van der Waals surface area contributed by atoms with E-state index in [2.05, 4.69) is 48.3 Å². The summed E-state index contributed by atoms with van der Waals surface area (Å²) in [6.45, 7) is 10.6. The van der Waals surface area contributed by atoms with Crippen LogP contribution < -0.4 is 4.74 Å². The third kappa shape index (κ3) is 5.76. The first-order valence-corrected chi connectivity index (χ1v) is 11.9. The van der Waals surface area contributed by atoms with Gasteiger partial charge < -0.3 is 9.26 Å². The average molecular weight is 483 g/mol. The van der Waals surface area contributed by atoms with Gasteiger partial charge in [-0.15, -0.1) is 0 Å². The van der Waals surface area contributed by atoms with Crippen LogP contribution in [0.3, 0.4) is 0 Å². The van der Waals surface area contributed by atoms with Gasteiger partial charge in [0, 0.05) is 18.2 Å². The molecule has 0 saturated carbocycles. The number of nitrogens with zero attached hydrogens (tertiary/aromatic N) is 2. The number of nitro groups is 1. The van der Waals surface area contributed by atoms with Crippen LogP contribution in [0.1, 0.15) is 44.9 Å². The smallest absolute Gasteiger partial charge is 0.276 e. The SMILES string of the molecule is COc1cc(C(OP(C)N(C(C)C)C(C)C)c2ccccc2)c([N+](=O)[O-])cc1Br. The van der Waals surface area contributed by atoms with Crippen LogP contribution in [0.5, 0.6) is 5.75 Å². The third-order valence-electron chi connectivity index (χ3n) is 4.52. The summed E-state index contributed by atoms with van der Waals surface area (Å²) >= 11 is 3.35. The lowest BCUT2D eigenvalue weighted by Crippen LogP contribution is -2.33.